The van der Waals surface area contributed by atoms with Crippen molar-refractivity contribution >= 4 is 45.3 Å². The van der Waals surface area contributed by atoms with E-state index in [9.17, 15) is 18.0 Å². The first-order chi connectivity index (χ1) is 16.7. The van der Waals surface area contributed by atoms with E-state index < -0.39 is 22.5 Å². The number of halogens is 1. The third-order valence-corrected chi connectivity index (χ3v) is 5.95. The van der Waals surface area contributed by atoms with Crippen LogP contribution in [-0.2, 0) is 26.2 Å². The third-order valence-electron chi connectivity index (χ3n) is 4.50. The van der Waals surface area contributed by atoms with Crippen molar-refractivity contribution in [1.29, 1.82) is 0 Å². The molecule has 2 aromatic carbocycles. The lowest BCUT2D eigenvalue weighted by atomic mass is 10.2. The molecule has 2 amide bonds. The Balaban J connectivity index is 1.47. The highest BCUT2D eigenvalue weighted by molar-refractivity contribution is 7.92. The second kappa shape index (κ2) is 12.0. The Bertz CT molecular complexity index is 1280. The molecule has 0 fully saturated rings. The van der Waals surface area contributed by atoms with Crippen molar-refractivity contribution in [3.05, 3.63) is 83.3 Å². The molecule has 0 aliphatic rings. The summed E-state index contributed by atoms with van der Waals surface area (Å²) >= 11 is 6.08. The standard InChI is InChI=1S/C23H23ClN4O6S/c1-35(31,32)28(21-7-3-2-6-20(21)24)15-22(29)27-26-13-17-8-10-18(11-9-17)34-16-23(30)25-14-19-5-4-12-33-19/h2-13H,14-16H2,1H3,(H,25,30)(H,27,29)/b26-13-. The van der Waals surface area contributed by atoms with Crippen molar-refractivity contribution in [1.82, 2.24) is 10.7 Å². The summed E-state index contributed by atoms with van der Waals surface area (Å²) < 4.78 is 35.7. The molecule has 1 aromatic heterocycles. The van der Waals surface area contributed by atoms with Crippen LogP contribution in [0, 0.1) is 0 Å². The van der Waals surface area contributed by atoms with Crippen molar-refractivity contribution in [3.63, 3.8) is 0 Å². The molecule has 0 unspecified atom stereocenters. The summed E-state index contributed by atoms with van der Waals surface area (Å²) in [5.74, 6) is 0.173. The van der Waals surface area contributed by atoms with Crippen molar-refractivity contribution in [2.24, 2.45) is 5.10 Å². The van der Waals surface area contributed by atoms with Crippen molar-refractivity contribution in [2.75, 3.05) is 23.7 Å². The number of anilines is 1. The van der Waals surface area contributed by atoms with Crippen molar-refractivity contribution in [2.45, 2.75) is 6.54 Å². The minimum atomic E-state index is -3.76. The number of carbonyl (C=O) groups is 2. The molecule has 3 aromatic rings. The number of para-hydroxylation sites is 1. The van der Waals surface area contributed by atoms with Crippen LogP contribution < -0.4 is 19.8 Å². The molecule has 1 heterocycles. The van der Waals surface area contributed by atoms with Crippen LogP contribution in [0.2, 0.25) is 5.02 Å². The molecule has 35 heavy (non-hydrogen) atoms. The minimum absolute atomic E-state index is 0.160. The molecule has 12 heteroatoms. The molecule has 10 nitrogen and oxygen atoms in total. The monoisotopic (exact) mass is 518 g/mol. The summed E-state index contributed by atoms with van der Waals surface area (Å²) in [7, 11) is -3.76. The zero-order chi connectivity index (χ0) is 25.3. The Morgan fingerprint density at radius 2 is 1.83 bits per heavy atom. The second-order valence-corrected chi connectivity index (χ2v) is 9.54. The molecule has 3 rings (SSSR count). The van der Waals surface area contributed by atoms with E-state index >= 15 is 0 Å². The van der Waals surface area contributed by atoms with Gasteiger partial charge in [0.2, 0.25) is 10.0 Å². The Morgan fingerprint density at radius 1 is 1.09 bits per heavy atom. The van der Waals surface area contributed by atoms with E-state index in [1.165, 1.54) is 24.6 Å². The molecule has 184 valence electrons. The number of furan rings is 1. The molecule has 0 bridgehead atoms. The predicted octanol–water partition coefficient (Wildman–Crippen LogP) is 2.54. The molecule has 0 saturated heterocycles. The fourth-order valence-electron chi connectivity index (χ4n) is 2.83. The zero-order valence-corrected chi connectivity index (χ0v) is 20.3. The second-order valence-electron chi connectivity index (χ2n) is 7.23. The molecular weight excluding hydrogens is 496 g/mol. The fraction of sp³-hybridized carbons (Fsp3) is 0.174. The van der Waals surface area contributed by atoms with Gasteiger partial charge in [-0.1, -0.05) is 23.7 Å². The minimum Gasteiger partial charge on any atom is -0.484 e. The van der Waals surface area contributed by atoms with Crippen LogP contribution in [0.25, 0.3) is 0 Å². The Labute approximate surface area is 207 Å². The number of amides is 2. The van der Waals surface area contributed by atoms with E-state index in [1.54, 1.807) is 48.5 Å². The fourth-order valence-corrected chi connectivity index (χ4v) is 3.98. The van der Waals surface area contributed by atoms with Gasteiger partial charge in [-0.15, -0.1) is 0 Å². The number of benzene rings is 2. The van der Waals surface area contributed by atoms with Gasteiger partial charge in [0, 0.05) is 0 Å². The lowest BCUT2D eigenvalue weighted by Gasteiger charge is -2.22. The highest BCUT2D eigenvalue weighted by Gasteiger charge is 2.22. The average Bonchev–Trinajstić information content (AvgIpc) is 3.34. The first-order valence-corrected chi connectivity index (χ1v) is 12.5. The number of hydrazone groups is 1. The number of sulfonamides is 1. The van der Waals surface area contributed by atoms with E-state index in [2.05, 4.69) is 15.8 Å². The summed E-state index contributed by atoms with van der Waals surface area (Å²) in [6.45, 7) is -0.377. The first-order valence-electron chi connectivity index (χ1n) is 10.3. The van der Waals surface area contributed by atoms with E-state index in [0.29, 0.717) is 17.1 Å². The average molecular weight is 519 g/mol. The van der Waals surface area contributed by atoms with Gasteiger partial charge in [-0.3, -0.25) is 13.9 Å². The van der Waals surface area contributed by atoms with Crippen LogP contribution >= 0.6 is 11.6 Å². The number of carbonyl (C=O) groups excluding carboxylic acids is 2. The quantitative estimate of drug-likeness (QED) is 0.296. The van der Waals surface area contributed by atoms with E-state index in [4.69, 9.17) is 20.8 Å². The van der Waals surface area contributed by atoms with Crippen LogP contribution in [0.1, 0.15) is 11.3 Å². The van der Waals surface area contributed by atoms with Crippen LogP contribution in [0.4, 0.5) is 5.69 Å². The maximum Gasteiger partial charge on any atom is 0.260 e. The molecule has 0 saturated carbocycles. The predicted molar refractivity (Wildman–Crippen MR) is 132 cm³/mol. The summed E-state index contributed by atoms with van der Waals surface area (Å²) in [5.41, 5.74) is 3.13. The van der Waals surface area contributed by atoms with Crippen molar-refractivity contribution < 1.29 is 27.2 Å². The molecule has 0 aliphatic heterocycles. The molecule has 0 aliphatic carbocycles. The normalized spacial score (nSPS) is 11.3. The summed E-state index contributed by atoms with van der Waals surface area (Å²) in [5, 5.41) is 6.73. The van der Waals surface area contributed by atoms with Gasteiger partial charge < -0.3 is 14.5 Å². The Kier molecular flexibility index (Phi) is 8.87. The lowest BCUT2D eigenvalue weighted by Crippen LogP contribution is -2.39. The van der Waals surface area contributed by atoms with Gasteiger partial charge in [0.1, 0.15) is 18.1 Å². The topological polar surface area (TPSA) is 130 Å². The number of hydrogen-bond acceptors (Lipinski definition) is 7. The Morgan fingerprint density at radius 3 is 2.49 bits per heavy atom. The number of ether oxygens (including phenoxy) is 1. The van der Waals surface area contributed by atoms with Gasteiger partial charge in [-0.05, 0) is 54.1 Å². The van der Waals surface area contributed by atoms with Crippen LogP contribution in [0.5, 0.6) is 5.75 Å². The maximum absolute atomic E-state index is 12.3. The summed E-state index contributed by atoms with van der Waals surface area (Å²) in [6.07, 6.45) is 3.90. The van der Waals surface area contributed by atoms with Gasteiger partial charge in [0.25, 0.3) is 11.8 Å². The smallest absolute Gasteiger partial charge is 0.260 e. The number of hydrogen-bond donors (Lipinski definition) is 2. The third kappa shape index (κ3) is 8.16. The van der Waals surface area contributed by atoms with Crippen LogP contribution in [-0.4, -0.2) is 45.9 Å². The van der Waals surface area contributed by atoms with E-state index in [1.807, 2.05) is 0 Å². The van der Waals surface area contributed by atoms with Crippen LogP contribution in [0.15, 0.2) is 76.4 Å². The largest absolute Gasteiger partial charge is 0.484 e. The number of rotatable bonds is 11. The molecule has 0 atom stereocenters. The van der Waals surface area contributed by atoms with Crippen LogP contribution in [0.3, 0.4) is 0 Å². The highest BCUT2D eigenvalue weighted by atomic mass is 35.5. The zero-order valence-electron chi connectivity index (χ0n) is 18.7. The summed E-state index contributed by atoms with van der Waals surface area (Å²) in [4.78, 5) is 24.1. The SMILES string of the molecule is CS(=O)(=O)N(CC(=O)N/N=C\c1ccc(OCC(=O)NCc2ccco2)cc1)c1ccccc1Cl. The molecular formula is C23H23ClN4O6S. The van der Waals surface area contributed by atoms with Gasteiger partial charge in [-0.25, -0.2) is 13.8 Å². The highest BCUT2D eigenvalue weighted by Crippen LogP contribution is 2.26. The van der Waals surface area contributed by atoms with E-state index in [-0.39, 0.29) is 29.8 Å². The Hall–Kier alpha value is -3.83. The molecule has 0 radical (unpaired) electrons. The molecule has 0 spiro atoms. The van der Waals surface area contributed by atoms with Gasteiger partial charge in [-0.2, -0.15) is 5.10 Å². The maximum atomic E-state index is 12.3. The van der Waals surface area contributed by atoms with Gasteiger partial charge >= 0.3 is 0 Å². The summed E-state index contributed by atoms with van der Waals surface area (Å²) in [6, 6.07) is 16.5. The first kappa shape index (κ1) is 25.8. The van der Waals surface area contributed by atoms with Gasteiger partial charge in [0.05, 0.1) is 36.0 Å². The van der Waals surface area contributed by atoms with Gasteiger partial charge in [0.15, 0.2) is 6.61 Å². The number of nitrogens with one attached hydrogen (secondary N) is 2. The number of nitrogens with zero attached hydrogens (tertiary/aromatic N) is 2. The van der Waals surface area contributed by atoms with Crippen molar-refractivity contribution in [3.8, 4) is 5.75 Å². The molecule has 2 N–H and O–H groups in total. The van der Waals surface area contributed by atoms with E-state index in [0.717, 1.165) is 10.6 Å². The lowest BCUT2D eigenvalue weighted by molar-refractivity contribution is -0.123.